The van der Waals surface area contributed by atoms with Gasteiger partial charge in [0.25, 0.3) is 11.8 Å². The predicted molar refractivity (Wildman–Crippen MR) is 149 cm³/mol. The second-order valence-electron chi connectivity index (χ2n) is 7.74. The molecule has 3 amide bonds. The summed E-state index contributed by atoms with van der Waals surface area (Å²) in [4.78, 5) is 63.2. The topological polar surface area (TPSA) is 163 Å². The molecule has 0 aromatic carbocycles. The van der Waals surface area contributed by atoms with Crippen LogP contribution in [0.4, 0.5) is 5.13 Å². The quantitative estimate of drug-likeness (QED) is 0.0834. The zero-order valence-electron chi connectivity index (χ0n) is 20.0. The Bertz CT molecular complexity index is 1400. The lowest BCUT2D eigenvalue weighted by Crippen LogP contribution is -2.71. The number of rotatable bonds is 12. The number of hydrogen-bond acceptors (Lipinski definition) is 11. The number of hydrogen-bond donors (Lipinski definition) is 3. The van der Waals surface area contributed by atoms with Crippen LogP contribution in [-0.4, -0.2) is 79.4 Å². The van der Waals surface area contributed by atoms with Gasteiger partial charge in [-0.15, -0.1) is 41.3 Å². The van der Waals surface area contributed by atoms with Crippen molar-refractivity contribution in [3.8, 4) is 12.3 Å². The van der Waals surface area contributed by atoms with E-state index in [1.54, 1.807) is 12.4 Å². The zero-order chi connectivity index (χ0) is 27.8. The molecule has 1 saturated heterocycles. The van der Waals surface area contributed by atoms with Crippen LogP contribution in [0.2, 0.25) is 0 Å². The number of thiazole rings is 1. The average molecular weight is 585 g/mol. The second-order valence-corrected chi connectivity index (χ2v) is 10.6. The van der Waals surface area contributed by atoms with Gasteiger partial charge in [-0.25, -0.2) is 9.78 Å². The molecule has 1 unspecified atom stereocenters. The highest BCUT2D eigenvalue weighted by molar-refractivity contribution is 8.02. The fourth-order valence-electron chi connectivity index (χ4n) is 3.59. The number of fused-ring (bicyclic) bond motifs is 1. The molecule has 39 heavy (non-hydrogen) atoms. The Labute approximate surface area is 235 Å². The molecule has 12 nitrogen and oxygen atoms in total. The van der Waals surface area contributed by atoms with E-state index >= 15 is 0 Å². The number of nitrogens with zero attached hydrogens (tertiary/aromatic N) is 4. The summed E-state index contributed by atoms with van der Waals surface area (Å²) in [5, 5.41) is 21.6. The molecule has 200 valence electrons. The Morgan fingerprint density at radius 1 is 1.44 bits per heavy atom. The van der Waals surface area contributed by atoms with E-state index in [9.17, 15) is 24.3 Å². The Morgan fingerprint density at radius 3 is 3.00 bits per heavy atom. The van der Waals surface area contributed by atoms with Crippen LogP contribution >= 0.6 is 34.9 Å². The number of nitrogens with one attached hydrogen (secondary N) is 2. The zero-order valence-corrected chi connectivity index (χ0v) is 22.4. The van der Waals surface area contributed by atoms with Crippen molar-refractivity contribution in [2.24, 2.45) is 5.16 Å². The molecule has 4 rings (SSSR count). The first-order chi connectivity index (χ1) is 18.9. The minimum absolute atomic E-state index is 0.0770. The maximum atomic E-state index is 13.1. The number of aromatic nitrogens is 2. The van der Waals surface area contributed by atoms with Gasteiger partial charge in [-0.1, -0.05) is 17.1 Å². The van der Waals surface area contributed by atoms with Gasteiger partial charge < -0.3 is 20.6 Å². The van der Waals surface area contributed by atoms with E-state index in [2.05, 4.69) is 31.7 Å². The van der Waals surface area contributed by atoms with E-state index in [1.807, 2.05) is 23.6 Å². The molecule has 0 radical (unpaired) electrons. The third-order valence-corrected chi connectivity index (χ3v) is 8.24. The molecule has 4 heterocycles. The van der Waals surface area contributed by atoms with Gasteiger partial charge in [0.05, 0.1) is 0 Å². The van der Waals surface area contributed by atoms with Crippen molar-refractivity contribution in [1.82, 2.24) is 20.2 Å². The number of carboxylic acids is 1. The molecule has 0 bridgehead atoms. The van der Waals surface area contributed by atoms with Crippen molar-refractivity contribution < 1.29 is 29.1 Å². The summed E-state index contributed by atoms with van der Waals surface area (Å²) < 4.78 is 0. The Kier molecular flexibility index (Phi) is 9.36. The number of terminal acetylenes is 1. The molecule has 2 aliphatic rings. The average Bonchev–Trinajstić information content (AvgIpc) is 3.40. The fourth-order valence-corrected chi connectivity index (χ4v) is 6.51. The monoisotopic (exact) mass is 584 g/mol. The predicted octanol–water partition coefficient (Wildman–Crippen LogP) is 1.60. The van der Waals surface area contributed by atoms with Crippen LogP contribution in [-0.2, 0) is 24.0 Å². The minimum atomic E-state index is -1.21. The van der Waals surface area contributed by atoms with E-state index in [-0.39, 0.29) is 28.8 Å². The lowest BCUT2D eigenvalue weighted by atomic mass is 10.0. The maximum absolute atomic E-state index is 13.1. The van der Waals surface area contributed by atoms with Gasteiger partial charge >= 0.3 is 5.97 Å². The van der Waals surface area contributed by atoms with Crippen molar-refractivity contribution in [3.05, 3.63) is 57.8 Å². The molecule has 15 heteroatoms. The fraction of sp³-hybridized carbons (Fsp3) is 0.208. The third kappa shape index (κ3) is 6.48. The van der Waals surface area contributed by atoms with E-state index in [0.717, 1.165) is 16.9 Å². The summed E-state index contributed by atoms with van der Waals surface area (Å²) in [5.41, 5.74) is 1.29. The van der Waals surface area contributed by atoms with E-state index < -0.39 is 29.2 Å². The van der Waals surface area contributed by atoms with Gasteiger partial charge in [0.2, 0.25) is 6.41 Å². The lowest BCUT2D eigenvalue weighted by molar-refractivity contribution is -0.150. The first kappa shape index (κ1) is 27.9. The molecular weight excluding hydrogens is 565 g/mol. The highest BCUT2D eigenvalue weighted by atomic mass is 32.2. The first-order valence-corrected chi connectivity index (χ1v) is 14.1. The first-order valence-electron chi connectivity index (χ1n) is 11.1. The van der Waals surface area contributed by atoms with Crippen molar-refractivity contribution in [2.75, 3.05) is 23.4 Å². The number of β-lactam (4-membered cyclic amide) rings is 1. The number of pyridine rings is 1. The molecule has 2 atom stereocenters. The van der Waals surface area contributed by atoms with Crippen LogP contribution in [0.25, 0.3) is 6.08 Å². The van der Waals surface area contributed by atoms with Gasteiger partial charge in [-0.3, -0.25) is 24.3 Å². The van der Waals surface area contributed by atoms with Crippen molar-refractivity contribution in [1.29, 1.82) is 0 Å². The van der Waals surface area contributed by atoms with Gasteiger partial charge in [0.1, 0.15) is 22.8 Å². The number of oxime groups is 1. The Morgan fingerprint density at radius 2 is 2.28 bits per heavy atom. The molecule has 0 aliphatic carbocycles. The summed E-state index contributed by atoms with van der Waals surface area (Å²) in [7, 11) is 0. The number of carbonyl (C=O) groups is 4. The summed E-state index contributed by atoms with van der Waals surface area (Å²) in [5.74, 6) is 0.429. The molecule has 0 saturated carbocycles. The van der Waals surface area contributed by atoms with E-state index in [1.165, 1.54) is 33.8 Å². The van der Waals surface area contributed by atoms with Crippen molar-refractivity contribution in [3.63, 3.8) is 0 Å². The van der Waals surface area contributed by atoms with Crippen LogP contribution in [0.15, 0.2) is 51.7 Å². The molecule has 2 aromatic heterocycles. The lowest BCUT2D eigenvalue weighted by Gasteiger charge is -2.49. The number of thioether (sulfide) groups is 2. The SMILES string of the molecule is C#CCO/N=C(\C(=O)NC1C(=O)N2C(C(=O)O)=C(CS/C=C\c3cccnc3)CS[C@H]12)c1csc(NC=O)n1. The highest BCUT2D eigenvalue weighted by Gasteiger charge is 2.54. The highest BCUT2D eigenvalue weighted by Crippen LogP contribution is 2.41. The summed E-state index contributed by atoms with van der Waals surface area (Å²) in [6.45, 7) is -0.208. The summed E-state index contributed by atoms with van der Waals surface area (Å²) in [6.07, 6.45) is 10.9. The van der Waals surface area contributed by atoms with Gasteiger partial charge in [0, 0.05) is 29.3 Å². The number of amides is 3. The number of anilines is 1. The minimum Gasteiger partial charge on any atom is -0.477 e. The summed E-state index contributed by atoms with van der Waals surface area (Å²) in [6, 6.07) is 2.73. The smallest absolute Gasteiger partial charge is 0.352 e. The standard InChI is InChI=1S/C24H20N6O6S3/c1-2-7-36-29-17(16-12-39-24(27-16)26-13-31)20(32)28-18-21(33)30-19(23(34)35)15(11-38-22(18)30)10-37-8-5-14-4-3-6-25-9-14/h1,3-6,8-9,12-13,18,22H,7,10-11H2,(H,28,32)(H,34,35)(H,26,27,31)/b8-5-,29-17-/t18?,22-/m1/s1. The summed E-state index contributed by atoms with van der Waals surface area (Å²) >= 11 is 3.81. The normalized spacial score (nSPS) is 18.7. The van der Waals surface area contributed by atoms with E-state index in [4.69, 9.17) is 11.3 Å². The molecule has 1 fully saturated rings. The Balaban J connectivity index is 1.45. The van der Waals surface area contributed by atoms with E-state index in [0.29, 0.717) is 23.5 Å². The van der Waals surface area contributed by atoms with Crippen LogP contribution in [0.3, 0.4) is 0 Å². The maximum Gasteiger partial charge on any atom is 0.352 e. The van der Waals surface area contributed by atoms with Crippen LogP contribution in [0.5, 0.6) is 0 Å². The number of carbonyl (C=O) groups excluding carboxylic acids is 3. The van der Waals surface area contributed by atoms with Crippen LogP contribution < -0.4 is 10.6 Å². The molecule has 2 aromatic rings. The third-order valence-electron chi connectivity index (χ3n) is 5.28. The van der Waals surface area contributed by atoms with Gasteiger partial charge in [0.15, 0.2) is 17.5 Å². The largest absolute Gasteiger partial charge is 0.477 e. The molecule has 2 aliphatic heterocycles. The Hall–Kier alpha value is -4.13. The van der Waals surface area contributed by atoms with Crippen molar-refractivity contribution >= 4 is 76.0 Å². The van der Waals surface area contributed by atoms with Gasteiger partial charge in [-0.2, -0.15) is 0 Å². The molecule has 3 N–H and O–H groups in total. The number of aliphatic carboxylic acids is 1. The molecule has 0 spiro atoms. The van der Waals surface area contributed by atoms with Crippen LogP contribution in [0.1, 0.15) is 11.3 Å². The number of carboxylic acid groups (broad SMARTS) is 1. The molecular formula is C24H20N6O6S3. The van der Waals surface area contributed by atoms with Gasteiger partial charge in [-0.05, 0) is 28.7 Å². The van der Waals surface area contributed by atoms with Crippen molar-refractivity contribution in [2.45, 2.75) is 11.4 Å². The second kappa shape index (κ2) is 13.1. The van der Waals surface area contributed by atoms with Crippen LogP contribution in [0, 0.1) is 12.3 Å².